The maximum atomic E-state index is 13.1. The fourth-order valence-electron chi connectivity index (χ4n) is 3.95. The van der Waals surface area contributed by atoms with E-state index in [1.165, 1.54) is 6.26 Å². The summed E-state index contributed by atoms with van der Waals surface area (Å²) >= 11 is 0. The summed E-state index contributed by atoms with van der Waals surface area (Å²) in [5, 5.41) is 7.07. The zero-order valence-corrected chi connectivity index (χ0v) is 19.2. The number of nitrogens with zero attached hydrogens (tertiary/aromatic N) is 1. The molecule has 0 aliphatic heterocycles. The van der Waals surface area contributed by atoms with Crippen molar-refractivity contribution in [2.45, 2.75) is 40.0 Å². The van der Waals surface area contributed by atoms with Gasteiger partial charge in [-0.25, -0.2) is 10.2 Å². The molecule has 2 N–H and O–H groups in total. The molecular formula is C25H25N3O6. The molecule has 0 atom stereocenters. The monoisotopic (exact) mass is 463 g/mol. The summed E-state index contributed by atoms with van der Waals surface area (Å²) in [5.41, 5.74) is 5.54. The van der Waals surface area contributed by atoms with E-state index in [0.29, 0.717) is 46.9 Å². The van der Waals surface area contributed by atoms with E-state index in [9.17, 15) is 14.4 Å². The Hall–Kier alpha value is -4.14. The number of furan rings is 2. The van der Waals surface area contributed by atoms with Gasteiger partial charge in [0.15, 0.2) is 5.76 Å². The molecule has 9 heteroatoms. The maximum Gasteiger partial charge on any atom is 0.340 e. The topological polar surface area (TPSA) is 123 Å². The van der Waals surface area contributed by atoms with Gasteiger partial charge in [-0.1, -0.05) is 12.1 Å². The standard InChI is InChI=1S/C25H25N3O6/c1-4-32-25(31)17-8-5-6-9-18(17)26-24(30)22-14(2)21-19(10-7-11-20(21)34-22)27-28-23(29)16-12-13-33-15(16)3/h5-6,8-9,12-13H,4,7,10-11H2,1-3H3,(H,26,30)(H,28,29)/b27-19+. The molecule has 0 fully saturated rings. The molecular weight excluding hydrogens is 438 g/mol. The van der Waals surface area contributed by atoms with E-state index in [2.05, 4.69) is 15.8 Å². The normalized spacial score (nSPS) is 13.9. The Morgan fingerprint density at radius 2 is 1.85 bits per heavy atom. The van der Waals surface area contributed by atoms with Gasteiger partial charge in [0.05, 0.1) is 35.4 Å². The van der Waals surface area contributed by atoms with E-state index in [1.807, 2.05) is 0 Å². The largest absolute Gasteiger partial charge is 0.469 e. The fourth-order valence-corrected chi connectivity index (χ4v) is 3.95. The number of rotatable bonds is 6. The number of esters is 1. The highest BCUT2D eigenvalue weighted by Gasteiger charge is 2.29. The van der Waals surface area contributed by atoms with Gasteiger partial charge in [-0.2, -0.15) is 5.10 Å². The van der Waals surface area contributed by atoms with Crippen molar-refractivity contribution in [2.75, 3.05) is 11.9 Å². The molecule has 0 spiro atoms. The molecule has 2 heterocycles. The van der Waals surface area contributed by atoms with E-state index in [0.717, 1.165) is 12.0 Å². The van der Waals surface area contributed by atoms with Crippen LogP contribution in [0.25, 0.3) is 0 Å². The Kier molecular flexibility index (Phi) is 6.62. The van der Waals surface area contributed by atoms with Crippen molar-refractivity contribution < 1.29 is 28.0 Å². The van der Waals surface area contributed by atoms with Crippen LogP contribution in [0.5, 0.6) is 0 Å². The lowest BCUT2D eigenvalue weighted by atomic mass is 9.93. The summed E-state index contributed by atoms with van der Waals surface area (Å²) in [5.74, 6) is -0.104. The first-order chi connectivity index (χ1) is 16.4. The van der Waals surface area contributed by atoms with Gasteiger partial charge < -0.3 is 18.9 Å². The SMILES string of the molecule is CCOC(=O)c1ccccc1NC(=O)c1oc2c(c1C)/C(=N/NC(=O)c1ccoc1C)CCC2. The number of hydrazone groups is 1. The molecule has 176 valence electrons. The molecule has 34 heavy (non-hydrogen) atoms. The minimum Gasteiger partial charge on any atom is -0.469 e. The third-order valence-corrected chi connectivity index (χ3v) is 5.60. The molecule has 1 aliphatic rings. The number of amides is 2. The molecule has 0 radical (unpaired) electrons. The van der Waals surface area contributed by atoms with E-state index in [1.54, 1.807) is 51.1 Å². The number of aryl methyl sites for hydroxylation is 2. The molecule has 9 nitrogen and oxygen atoms in total. The van der Waals surface area contributed by atoms with E-state index >= 15 is 0 Å². The minimum atomic E-state index is -0.521. The highest BCUT2D eigenvalue weighted by atomic mass is 16.5. The molecule has 0 saturated carbocycles. The number of carbonyl (C=O) groups excluding carboxylic acids is 3. The lowest BCUT2D eigenvalue weighted by Crippen LogP contribution is -2.22. The lowest BCUT2D eigenvalue weighted by Gasteiger charge is -2.13. The van der Waals surface area contributed by atoms with Crippen LogP contribution in [0.4, 0.5) is 5.69 Å². The van der Waals surface area contributed by atoms with Crippen LogP contribution in [0.15, 0.2) is 50.5 Å². The van der Waals surface area contributed by atoms with Crippen molar-refractivity contribution in [3.05, 3.63) is 76.1 Å². The van der Waals surface area contributed by atoms with Crippen LogP contribution in [-0.4, -0.2) is 30.1 Å². The molecule has 4 rings (SSSR count). The first kappa shape index (κ1) is 23.0. The van der Waals surface area contributed by atoms with Crippen LogP contribution in [0.1, 0.15) is 73.7 Å². The van der Waals surface area contributed by atoms with Gasteiger partial charge in [0.1, 0.15) is 11.5 Å². The Bertz CT molecular complexity index is 1280. The first-order valence-corrected chi connectivity index (χ1v) is 11.0. The van der Waals surface area contributed by atoms with Gasteiger partial charge in [0.25, 0.3) is 11.8 Å². The number of benzene rings is 1. The van der Waals surface area contributed by atoms with Gasteiger partial charge in [-0.3, -0.25) is 9.59 Å². The van der Waals surface area contributed by atoms with Crippen LogP contribution in [0, 0.1) is 13.8 Å². The fraction of sp³-hybridized carbons (Fsp3) is 0.280. The van der Waals surface area contributed by atoms with Gasteiger partial charge in [-0.05, 0) is 51.8 Å². The van der Waals surface area contributed by atoms with Crippen LogP contribution in [-0.2, 0) is 11.2 Å². The zero-order chi connectivity index (χ0) is 24.2. The van der Waals surface area contributed by atoms with Gasteiger partial charge >= 0.3 is 5.97 Å². The molecule has 3 aromatic rings. The summed E-state index contributed by atoms with van der Waals surface area (Å²) in [7, 11) is 0. The second-order valence-electron chi connectivity index (χ2n) is 7.82. The maximum absolute atomic E-state index is 13.1. The number of carbonyl (C=O) groups is 3. The number of fused-ring (bicyclic) bond motifs is 1. The number of para-hydroxylation sites is 1. The lowest BCUT2D eigenvalue weighted by molar-refractivity contribution is 0.0527. The second kappa shape index (κ2) is 9.78. The number of hydrogen-bond donors (Lipinski definition) is 2. The minimum absolute atomic E-state index is 0.135. The summed E-state index contributed by atoms with van der Waals surface area (Å²) in [4.78, 5) is 37.7. The smallest absolute Gasteiger partial charge is 0.340 e. The summed E-state index contributed by atoms with van der Waals surface area (Å²) in [6, 6.07) is 8.20. The van der Waals surface area contributed by atoms with Crippen molar-refractivity contribution in [3.63, 3.8) is 0 Å². The van der Waals surface area contributed by atoms with Crippen LogP contribution in [0.2, 0.25) is 0 Å². The zero-order valence-electron chi connectivity index (χ0n) is 19.2. The van der Waals surface area contributed by atoms with Crippen LogP contribution in [0.3, 0.4) is 0 Å². The van der Waals surface area contributed by atoms with Crippen molar-refractivity contribution >= 4 is 29.2 Å². The molecule has 1 aliphatic carbocycles. The molecule has 1 aromatic carbocycles. The summed E-state index contributed by atoms with van der Waals surface area (Å²) < 4.78 is 16.2. The number of hydrogen-bond acceptors (Lipinski definition) is 7. The third kappa shape index (κ3) is 4.50. The number of ether oxygens (including phenoxy) is 1. The van der Waals surface area contributed by atoms with E-state index in [4.69, 9.17) is 13.6 Å². The average molecular weight is 463 g/mol. The van der Waals surface area contributed by atoms with Gasteiger partial charge in [-0.15, -0.1) is 0 Å². The Labute approximate surface area is 196 Å². The van der Waals surface area contributed by atoms with Crippen molar-refractivity contribution in [1.29, 1.82) is 0 Å². The predicted molar refractivity (Wildman–Crippen MR) is 124 cm³/mol. The van der Waals surface area contributed by atoms with Crippen molar-refractivity contribution in [2.24, 2.45) is 5.10 Å². The Morgan fingerprint density at radius 1 is 1.06 bits per heavy atom. The Morgan fingerprint density at radius 3 is 2.59 bits per heavy atom. The summed E-state index contributed by atoms with van der Waals surface area (Å²) in [6.45, 7) is 5.42. The number of nitrogens with one attached hydrogen (secondary N) is 2. The second-order valence-corrected chi connectivity index (χ2v) is 7.82. The third-order valence-electron chi connectivity index (χ3n) is 5.60. The highest BCUT2D eigenvalue weighted by Crippen LogP contribution is 2.30. The van der Waals surface area contributed by atoms with Crippen LogP contribution >= 0.6 is 0 Å². The molecule has 2 amide bonds. The van der Waals surface area contributed by atoms with Gasteiger partial charge in [0, 0.05) is 17.5 Å². The molecule has 0 unspecified atom stereocenters. The first-order valence-electron chi connectivity index (χ1n) is 11.0. The molecule has 0 bridgehead atoms. The Balaban J connectivity index is 1.58. The van der Waals surface area contributed by atoms with Crippen molar-refractivity contribution in [1.82, 2.24) is 5.43 Å². The van der Waals surface area contributed by atoms with Gasteiger partial charge in [0.2, 0.25) is 0 Å². The average Bonchev–Trinajstić information content (AvgIpc) is 3.41. The van der Waals surface area contributed by atoms with E-state index in [-0.39, 0.29) is 23.8 Å². The highest BCUT2D eigenvalue weighted by molar-refractivity contribution is 6.11. The number of anilines is 1. The predicted octanol–water partition coefficient (Wildman–Crippen LogP) is 4.39. The van der Waals surface area contributed by atoms with E-state index < -0.39 is 11.9 Å². The molecule has 0 saturated heterocycles. The summed E-state index contributed by atoms with van der Waals surface area (Å²) in [6.07, 6.45) is 3.49. The molecule has 2 aromatic heterocycles. The van der Waals surface area contributed by atoms with Crippen molar-refractivity contribution in [3.8, 4) is 0 Å². The van der Waals surface area contributed by atoms with Crippen LogP contribution < -0.4 is 10.7 Å². The quantitative estimate of drug-likeness (QED) is 0.413.